The summed E-state index contributed by atoms with van der Waals surface area (Å²) >= 11 is 6.24. The van der Waals surface area contributed by atoms with E-state index in [9.17, 15) is 13.2 Å². The molecule has 3 aromatic rings. The van der Waals surface area contributed by atoms with Crippen LogP contribution in [0.2, 0.25) is 5.02 Å². The second-order valence-electron chi connectivity index (χ2n) is 7.05. The Hall–Kier alpha value is -2.31. The van der Waals surface area contributed by atoms with Gasteiger partial charge in [-0.05, 0) is 35.6 Å². The van der Waals surface area contributed by atoms with Gasteiger partial charge in [0.2, 0.25) is 5.91 Å². The molecular weight excluding hydrogens is 396 g/mol. The van der Waals surface area contributed by atoms with Crippen LogP contribution in [0.15, 0.2) is 60.8 Å². The van der Waals surface area contributed by atoms with Crippen LogP contribution in [0.25, 0.3) is 10.9 Å². The molecule has 0 spiro atoms. The number of carbonyl (C=O) groups is 1. The minimum Gasteiger partial charge on any atom is -0.340 e. The number of nitrogens with zero attached hydrogens (tertiary/aromatic N) is 2. The minimum atomic E-state index is -3.38. The van der Waals surface area contributed by atoms with Crippen LogP contribution in [-0.4, -0.2) is 42.6 Å². The van der Waals surface area contributed by atoms with Gasteiger partial charge in [-0.15, -0.1) is 0 Å². The van der Waals surface area contributed by atoms with Crippen LogP contribution >= 0.6 is 11.6 Å². The Morgan fingerprint density at radius 2 is 1.79 bits per heavy atom. The van der Waals surface area contributed by atoms with Crippen molar-refractivity contribution in [2.45, 2.75) is 18.2 Å². The molecule has 2 heterocycles. The number of halogens is 1. The van der Waals surface area contributed by atoms with Gasteiger partial charge >= 0.3 is 0 Å². The van der Waals surface area contributed by atoms with E-state index in [1.807, 2.05) is 41.1 Å². The number of aromatic nitrogens is 1. The molecule has 28 heavy (non-hydrogen) atoms. The van der Waals surface area contributed by atoms with Crippen molar-refractivity contribution in [1.29, 1.82) is 0 Å². The Labute approximate surface area is 169 Å². The molecule has 1 aliphatic rings. The first-order chi connectivity index (χ1) is 13.5. The highest BCUT2D eigenvalue weighted by Crippen LogP contribution is 2.33. The number of benzene rings is 2. The van der Waals surface area contributed by atoms with Gasteiger partial charge in [0.1, 0.15) is 6.54 Å². The van der Waals surface area contributed by atoms with Gasteiger partial charge < -0.3 is 9.47 Å². The van der Waals surface area contributed by atoms with E-state index >= 15 is 0 Å². The van der Waals surface area contributed by atoms with Gasteiger partial charge in [-0.1, -0.05) is 48.0 Å². The first-order valence-corrected chi connectivity index (χ1v) is 11.3. The zero-order chi connectivity index (χ0) is 19.7. The largest absolute Gasteiger partial charge is 0.340 e. The molecule has 0 radical (unpaired) electrons. The molecule has 146 valence electrons. The number of hydrogen-bond donors (Lipinski definition) is 0. The molecule has 1 unspecified atom stereocenters. The van der Waals surface area contributed by atoms with Crippen LogP contribution in [0.5, 0.6) is 0 Å². The lowest BCUT2D eigenvalue weighted by Gasteiger charge is -2.21. The monoisotopic (exact) mass is 416 g/mol. The van der Waals surface area contributed by atoms with Gasteiger partial charge in [0.15, 0.2) is 9.84 Å². The van der Waals surface area contributed by atoms with Gasteiger partial charge in [0.25, 0.3) is 0 Å². The molecule has 7 heteroatoms. The van der Waals surface area contributed by atoms with Crippen LogP contribution in [0.4, 0.5) is 0 Å². The van der Waals surface area contributed by atoms with Gasteiger partial charge in [0.05, 0.1) is 11.0 Å². The molecular formula is C21H21ClN2O3S. The fourth-order valence-corrected chi connectivity index (χ4v) is 5.95. The van der Waals surface area contributed by atoms with E-state index in [0.29, 0.717) is 23.6 Å². The van der Waals surface area contributed by atoms with Crippen molar-refractivity contribution < 1.29 is 13.2 Å². The average molecular weight is 417 g/mol. The summed E-state index contributed by atoms with van der Waals surface area (Å²) in [6.07, 6.45) is 2.24. The normalized spacial score (nSPS) is 19.5. The zero-order valence-electron chi connectivity index (χ0n) is 15.3. The molecule has 5 nitrogen and oxygen atoms in total. The molecule has 0 N–H and O–H groups in total. The van der Waals surface area contributed by atoms with Crippen molar-refractivity contribution in [2.24, 2.45) is 0 Å². The third-order valence-corrected chi connectivity index (χ3v) is 7.78. The van der Waals surface area contributed by atoms with Crippen LogP contribution in [0.3, 0.4) is 0 Å². The number of rotatable bonds is 3. The number of carbonyl (C=O) groups excluding carboxylic acids is 1. The molecule has 1 amide bonds. The zero-order valence-corrected chi connectivity index (χ0v) is 16.9. The fourth-order valence-electron chi connectivity index (χ4n) is 3.80. The Bertz CT molecular complexity index is 1120. The highest BCUT2D eigenvalue weighted by atomic mass is 35.5. The predicted octanol–water partition coefficient (Wildman–Crippen LogP) is 3.68. The summed E-state index contributed by atoms with van der Waals surface area (Å²) in [6, 6.07) is 16.9. The third kappa shape index (κ3) is 3.66. The molecule has 1 saturated heterocycles. The number of amides is 1. The summed E-state index contributed by atoms with van der Waals surface area (Å²) in [5.74, 6) is -0.127. The smallest absolute Gasteiger partial charge is 0.242 e. The average Bonchev–Trinajstić information content (AvgIpc) is 3.00. The van der Waals surface area contributed by atoms with Crippen LogP contribution < -0.4 is 0 Å². The van der Waals surface area contributed by atoms with Crippen LogP contribution in [0.1, 0.15) is 17.2 Å². The first-order valence-electron chi connectivity index (χ1n) is 9.23. The highest BCUT2D eigenvalue weighted by molar-refractivity contribution is 7.91. The summed E-state index contributed by atoms with van der Waals surface area (Å²) < 4.78 is 27.5. The first kappa shape index (κ1) is 19.0. The second kappa shape index (κ2) is 7.60. The van der Waals surface area contributed by atoms with E-state index in [4.69, 9.17) is 11.6 Å². The van der Waals surface area contributed by atoms with Gasteiger partial charge in [-0.2, -0.15) is 0 Å². The van der Waals surface area contributed by atoms with Crippen molar-refractivity contribution >= 4 is 38.2 Å². The molecule has 0 aliphatic carbocycles. The second-order valence-corrected chi connectivity index (χ2v) is 9.76. The maximum atomic E-state index is 12.9. The molecule has 2 aromatic carbocycles. The Kier molecular flexibility index (Phi) is 5.17. The number of sulfone groups is 1. The van der Waals surface area contributed by atoms with E-state index in [-0.39, 0.29) is 24.7 Å². The standard InChI is InChI=1S/C21H21ClN2O3S/c22-18-7-3-2-6-17(18)20-10-12-23(13-14-28(20,26)27)21(25)15-24-11-9-16-5-1-4-8-19(16)24/h1-9,11,20H,10,12-15H2. The molecule has 1 atom stereocenters. The fraction of sp³-hybridized carbons (Fsp3) is 0.286. The molecule has 1 fully saturated rings. The number of hydrogen-bond acceptors (Lipinski definition) is 3. The maximum absolute atomic E-state index is 12.9. The summed E-state index contributed by atoms with van der Waals surface area (Å²) in [4.78, 5) is 14.5. The molecule has 4 rings (SSSR count). The van der Waals surface area contributed by atoms with Crippen molar-refractivity contribution in [3.63, 3.8) is 0 Å². The van der Waals surface area contributed by atoms with Gasteiger partial charge in [-0.25, -0.2) is 8.42 Å². The van der Waals surface area contributed by atoms with Crippen molar-refractivity contribution in [3.8, 4) is 0 Å². The number of fused-ring (bicyclic) bond motifs is 1. The van der Waals surface area contributed by atoms with E-state index in [1.54, 1.807) is 29.2 Å². The van der Waals surface area contributed by atoms with Gasteiger partial charge in [0, 0.05) is 29.8 Å². The van der Waals surface area contributed by atoms with Crippen LogP contribution in [0, 0.1) is 0 Å². The van der Waals surface area contributed by atoms with E-state index < -0.39 is 15.1 Å². The van der Waals surface area contributed by atoms with E-state index in [0.717, 1.165) is 10.9 Å². The van der Waals surface area contributed by atoms with E-state index in [1.165, 1.54) is 0 Å². The van der Waals surface area contributed by atoms with Crippen molar-refractivity contribution in [1.82, 2.24) is 9.47 Å². The van der Waals surface area contributed by atoms with Gasteiger partial charge in [-0.3, -0.25) is 4.79 Å². The molecule has 0 bridgehead atoms. The Morgan fingerprint density at radius 3 is 2.61 bits per heavy atom. The predicted molar refractivity (Wildman–Crippen MR) is 111 cm³/mol. The summed E-state index contributed by atoms with van der Waals surface area (Å²) in [6.45, 7) is 0.804. The quantitative estimate of drug-likeness (QED) is 0.654. The summed E-state index contributed by atoms with van der Waals surface area (Å²) in [7, 11) is -3.38. The minimum absolute atomic E-state index is 0.0545. The van der Waals surface area contributed by atoms with E-state index in [2.05, 4.69) is 0 Å². The van der Waals surface area contributed by atoms with Crippen molar-refractivity contribution in [3.05, 3.63) is 71.4 Å². The topological polar surface area (TPSA) is 59.4 Å². The molecule has 1 aromatic heterocycles. The maximum Gasteiger partial charge on any atom is 0.242 e. The summed E-state index contributed by atoms with van der Waals surface area (Å²) in [5, 5.41) is 0.855. The third-order valence-electron chi connectivity index (χ3n) is 5.33. The SMILES string of the molecule is O=C(Cn1ccc2ccccc21)N1CCC(c2ccccc2Cl)S(=O)(=O)CC1. The Morgan fingerprint density at radius 1 is 1.04 bits per heavy atom. The Balaban J connectivity index is 1.53. The lowest BCUT2D eigenvalue weighted by molar-refractivity contribution is -0.131. The highest BCUT2D eigenvalue weighted by Gasteiger charge is 2.33. The molecule has 0 saturated carbocycles. The van der Waals surface area contributed by atoms with Crippen LogP contribution in [-0.2, 0) is 21.2 Å². The number of para-hydroxylation sites is 1. The lowest BCUT2D eigenvalue weighted by Crippen LogP contribution is -2.35. The van der Waals surface area contributed by atoms with Crippen molar-refractivity contribution in [2.75, 3.05) is 18.8 Å². The summed E-state index contributed by atoms with van der Waals surface area (Å²) in [5.41, 5.74) is 1.61. The molecule has 1 aliphatic heterocycles. The lowest BCUT2D eigenvalue weighted by atomic mass is 10.1.